The topological polar surface area (TPSA) is 108 Å². The summed E-state index contributed by atoms with van der Waals surface area (Å²) in [5, 5.41) is 0. The van der Waals surface area contributed by atoms with Crippen molar-refractivity contribution >= 4 is 11.9 Å². The Labute approximate surface area is 234 Å². The van der Waals surface area contributed by atoms with E-state index in [-0.39, 0.29) is 13.2 Å². The smallest absolute Gasteiger partial charge is 0.340 e. The third-order valence-electron chi connectivity index (χ3n) is 6.73. The van der Waals surface area contributed by atoms with E-state index in [9.17, 15) is 9.59 Å². The number of esters is 2. The fraction of sp³-hybridized carbons (Fsp3) is 0.533. The molecule has 2 fully saturated rings. The molecule has 10 heteroatoms. The lowest BCUT2D eigenvalue weighted by Gasteiger charge is -2.35. The molecule has 0 saturated carbocycles. The zero-order chi connectivity index (χ0) is 28.9. The highest BCUT2D eigenvalue weighted by Gasteiger charge is 2.51. The first kappa shape index (κ1) is 30.1. The van der Waals surface area contributed by atoms with Gasteiger partial charge in [0.1, 0.15) is 12.2 Å². The van der Waals surface area contributed by atoms with Crippen LogP contribution in [0.2, 0.25) is 0 Å². The number of methoxy groups -OCH3 is 2. The number of carbonyl (C=O) groups is 2. The van der Waals surface area contributed by atoms with Crippen LogP contribution in [0.1, 0.15) is 51.0 Å². The van der Waals surface area contributed by atoms with Crippen LogP contribution in [0.4, 0.5) is 0 Å². The summed E-state index contributed by atoms with van der Waals surface area (Å²) < 4.78 is 47.0. The molecule has 4 rings (SSSR count). The van der Waals surface area contributed by atoms with Crippen molar-refractivity contribution in [1.29, 1.82) is 0 Å². The van der Waals surface area contributed by atoms with Crippen molar-refractivity contribution in [3.05, 3.63) is 71.8 Å². The summed E-state index contributed by atoms with van der Waals surface area (Å²) in [4.78, 5) is 27.1. The third-order valence-corrected chi connectivity index (χ3v) is 6.73. The summed E-state index contributed by atoms with van der Waals surface area (Å²) in [6.07, 6.45) is -5.87. The molecule has 0 aliphatic carbocycles. The minimum atomic E-state index is -1.13. The minimum Gasteiger partial charge on any atom is -0.453 e. The number of ether oxygens (including phenoxy) is 8. The van der Waals surface area contributed by atoms with E-state index in [1.54, 1.807) is 76.2 Å². The summed E-state index contributed by atoms with van der Waals surface area (Å²) in [5.41, 5.74) is 1.22. The van der Waals surface area contributed by atoms with Crippen LogP contribution in [0.3, 0.4) is 0 Å². The van der Waals surface area contributed by atoms with Crippen LogP contribution in [0.5, 0.6) is 0 Å². The largest absolute Gasteiger partial charge is 0.453 e. The van der Waals surface area contributed by atoms with Crippen LogP contribution >= 0.6 is 0 Å². The van der Waals surface area contributed by atoms with E-state index in [2.05, 4.69) is 0 Å². The highest BCUT2D eigenvalue weighted by Crippen LogP contribution is 2.34. The van der Waals surface area contributed by atoms with E-state index in [4.69, 9.17) is 37.9 Å². The Hall–Kier alpha value is -2.86. The molecule has 0 N–H and O–H groups in total. The normalized spacial score (nSPS) is 24.6. The lowest BCUT2D eigenvalue weighted by atomic mass is 10.0. The van der Waals surface area contributed by atoms with E-state index in [0.29, 0.717) is 11.1 Å². The SMILES string of the molecule is CO[C@H](C(=O)O[C@H]([C@@H](OC(=O)[C@@H](OC)c1ccccc1)[C@H]1COC(C)(C)O1)[C@H]1COC(C)(C)O1)c1ccccc1. The van der Waals surface area contributed by atoms with Gasteiger partial charge in [-0.05, 0) is 38.8 Å². The highest BCUT2D eigenvalue weighted by molar-refractivity contribution is 5.78. The van der Waals surface area contributed by atoms with Gasteiger partial charge in [0.2, 0.25) is 0 Å². The number of benzene rings is 2. The molecule has 0 spiro atoms. The maximum absolute atomic E-state index is 13.6. The minimum absolute atomic E-state index is 0.0886. The monoisotopic (exact) mass is 558 g/mol. The summed E-state index contributed by atoms with van der Waals surface area (Å²) in [6.45, 7) is 7.19. The maximum atomic E-state index is 13.6. The quantitative estimate of drug-likeness (QED) is 0.377. The number of hydrogen-bond acceptors (Lipinski definition) is 10. The predicted molar refractivity (Wildman–Crippen MR) is 142 cm³/mol. The molecule has 0 unspecified atom stereocenters. The number of carbonyl (C=O) groups excluding carboxylic acids is 2. The molecule has 0 aromatic heterocycles. The van der Waals surface area contributed by atoms with Gasteiger partial charge in [-0.25, -0.2) is 9.59 Å². The van der Waals surface area contributed by atoms with E-state index >= 15 is 0 Å². The lowest BCUT2D eigenvalue weighted by Crippen LogP contribution is -2.52. The second-order valence-corrected chi connectivity index (χ2v) is 10.6. The van der Waals surface area contributed by atoms with Crippen molar-refractivity contribution in [1.82, 2.24) is 0 Å². The molecule has 2 aromatic rings. The second-order valence-electron chi connectivity index (χ2n) is 10.6. The van der Waals surface area contributed by atoms with Gasteiger partial charge >= 0.3 is 11.9 Å². The van der Waals surface area contributed by atoms with Crippen molar-refractivity contribution in [3.8, 4) is 0 Å². The van der Waals surface area contributed by atoms with Crippen LogP contribution in [-0.2, 0) is 47.5 Å². The van der Waals surface area contributed by atoms with Gasteiger partial charge in [-0.2, -0.15) is 0 Å². The average molecular weight is 559 g/mol. The number of rotatable bonds is 11. The molecule has 0 amide bonds. The van der Waals surface area contributed by atoms with Gasteiger partial charge in [0.05, 0.1) is 13.2 Å². The summed E-state index contributed by atoms with van der Waals surface area (Å²) >= 11 is 0. The third kappa shape index (κ3) is 7.25. The molecule has 2 aliphatic rings. The second kappa shape index (κ2) is 12.8. The summed E-state index contributed by atoms with van der Waals surface area (Å²) in [6, 6.07) is 17.9. The first-order valence-electron chi connectivity index (χ1n) is 13.2. The van der Waals surface area contributed by atoms with Crippen molar-refractivity contribution in [3.63, 3.8) is 0 Å². The molecule has 0 radical (unpaired) electrons. The van der Waals surface area contributed by atoms with Gasteiger partial charge in [-0.3, -0.25) is 0 Å². The summed E-state index contributed by atoms with van der Waals surface area (Å²) in [5.74, 6) is -3.26. The maximum Gasteiger partial charge on any atom is 0.340 e. The van der Waals surface area contributed by atoms with E-state index in [1.165, 1.54) is 14.2 Å². The first-order chi connectivity index (χ1) is 19.0. The zero-order valence-corrected chi connectivity index (χ0v) is 23.7. The van der Waals surface area contributed by atoms with Gasteiger partial charge in [0.25, 0.3) is 0 Å². The lowest BCUT2D eigenvalue weighted by molar-refractivity contribution is -0.216. The molecule has 6 atom stereocenters. The van der Waals surface area contributed by atoms with Gasteiger partial charge < -0.3 is 37.9 Å². The molecule has 2 aromatic carbocycles. The Morgan fingerprint density at radius 1 is 0.675 bits per heavy atom. The molecule has 40 heavy (non-hydrogen) atoms. The Morgan fingerprint density at radius 2 is 1.02 bits per heavy atom. The molecule has 2 aliphatic heterocycles. The molecular formula is C30H38O10. The first-order valence-corrected chi connectivity index (χ1v) is 13.2. The highest BCUT2D eigenvalue weighted by atomic mass is 16.8. The van der Waals surface area contributed by atoms with Gasteiger partial charge in [0, 0.05) is 14.2 Å². The van der Waals surface area contributed by atoms with Crippen LogP contribution in [0, 0.1) is 0 Å². The molecule has 218 valence electrons. The fourth-order valence-corrected chi connectivity index (χ4v) is 4.85. The van der Waals surface area contributed by atoms with Crippen LogP contribution in [0.15, 0.2) is 60.7 Å². The Kier molecular flexibility index (Phi) is 9.60. The molecule has 0 bridgehead atoms. The van der Waals surface area contributed by atoms with Crippen LogP contribution < -0.4 is 0 Å². The Morgan fingerprint density at radius 3 is 1.30 bits per heavy atom. The Bertz CT molecular complexity index is 1030. The average Bonchev–Trinajstić information content (AvgIpc) is 3.48. The number of hydrogen-bond donors (Lipinski definition) is 0. The predicted octanol–water partition coefficient (Wildman–Crippen LogP) is 3.89. The van der Waals surface area contributed by atoms with Crippen LogP contribution in [0.25, 0.3) is 0 Å². The van der Waals surface area contributed by atoms with Gasteiger partial charge in [0.15, 0.2) is 36.0 Å². The molecule has 2 heterocycles. The van der Waals surface area contributed by atoms with Crippen LogP contribution in [-0.4, -0.2) is 75.4 Å². The van der Waals surface area contributed by atoms with Gasteiger partial charge in [-0.15, -0.1) is 0 Å². The zero-order valence-electron chi connectivity index (χ0n) is 23.7. The van der Waals surface area contributed by atoms with Crippen molar-refractivity contribution in [2.75, 3.05) is 27.4 Å². The molecular weight excluding hydrogens is 520 g/mol. The summed E-state index contributed by atoms with van der Waals surface area (Å²) in [7, 11) is 2.84. The van der Waals surface area contributed by atoms with E-state index in [0.717, 1.165) is 0 Å². The van der Waals surface area contributed by atoms with Crippen molar-refractivity contribution < 1.29 is 47.5 Å². The van der Waals surface area contributed by atoms with Gasteiger partial charge in [-0.1, -0.05) is 60.7 Å². The molecule has 2 saturated heterocycles. The molecule has 10 nitrogen and oxygen atoms in total. The van der Waals surface area contributed by atoms with Crippen molar-refractivity contribution in [2.24, 2.45) is 0 Å². The van der Waals surface area contributed by atoms with E-state index < -0.39 is 60.1 Å². The van der Waals surface area contributed by atoms with Crippen molar-refractivity contribution in [2.45, 2.75) is 75.9 Å². The Balaban J connectivity index is 1.67. The standard InChI is InChI=1S/C30H38O10/c1-29(2)35-17-21(39-29)25(37-27(31)23(33-5)19-13-9-7-10-14-19)26(22-18-36-30(3,4)40-22)38-28(32)24(34-6)20-15-11-8-12-16-20/h7-16,21-26H,17-18H2,1-6H3/t21-,22-,23+,24+,25+,26+/m1/s1. The van der Waals surface area contributed by atoms with E-state index in [1.807, 2.05) is 12.1 Å². The fourth-order valence-electron chi connectivity index (χ4n) is 4.85.